The fourth-order valence-electron chi connectivity index (χ4n) is 1.46. The summed E-state index contributed by atoms with van der Waals surface area (Å²) in [6, 6.07) is 8.39. The van der Waals surface area contributed by atoms with Crippen LogP contribution in [0.1, 0.15) is 25.0 Å². The highest BCUT2D eigenvalue weighted by atomic mass is 14.9. The van der Waals surface area contributed by atoms with Gasteiger partial charge in [-0.25, -0.2) is 0 Å². The summed E-state index contributed by atoms with van der Waals surface area (Å²) in [5, 5.41) is 3.31. The average molecular weight is 189 g/mol. The lowest BCUT2D eigenvalue weighted by atomic mass is 9.92. The third-order valence-electron chi connectivity index (χ3n) is 2.58. The van der Waals surface area contributed by atoms with Gasteiger partial charge in [0.1, 0.15) is 0 Å². The second kappa shape index (κ2) is 4.43. The minimum absolute atomic E-state index is 0.138. The normalized spacial score (nSPS) is 11.4. The minimum Gasteiger partial charge on any atom is -0.314 e. The zero-order chi connectivity index (χ0) is 10.6. The molecule has 0 unspecified atom stereocenters. The molecular weight excluding hydrogens is 170 g/mol. The van der Waals surface area contributed by atoms with Crippen LogP contribution in [-0.4, -0.2) is 12.6 Å². The van der Waals surface area contributed by atoms with Crippen molar-refractivity contribution >= 4 is 6.08 Å². The lowest BCUT2D eigenvalue weighted by Crippen LogP contribution is -2.38. The first-order chi connectivity index (χ1) is 6.59. The number of hydrogen-bond acceptors (Lipinski definition) is 1. The highest BCUT2D eigenvalue weighted by Gasteiger charge is 2.16. The van der Waals surface area contributed by atoms with Crippen molar-refractivity contribution in [2.24, 2.45) is 0 Å². The van der Waals surface area contributed by atoms with E-state index >= 15 is 0 Å². The van der Waals surface area contributed by atoms with Crippen molar-refractivity contribution in [3.05, 3.63) is 42.0 Å². The molecule has 0 aromatic heterocycles. The Morgan fingerprint density at radius 2 is 2.00 bits per heavy atom. The number of benzene rings is 1. The number of likely N-dealkylation sites (N-methyl/N-ethyl adjacent to an activating group) is 1. The summed E-state index contributed by atoms with van der Waals surface area (Å²) in [5.41, 5.74) is 2.72. The largest absolute Gasteiger partial charge is 0.314 e. The van der Waals surface area contributed by atoms with E-state index in [1.165, 1.54) is 11.1 Å². The molecule has 0 aliphatic heterocycles. The van der Waals surface area contributed by atoms with Crippen LogP contribution in [0.25, 0.3) is 6.08 Å². The number of hydrogen-bond donors (Lipinski definition) is 1. The molecule has 0 saturated heterocycles. The summed E-state index contributed by atoms with van der Waals surface area (Å²) in [6.07, 6.45) is 2.94. The Kier molecular flexibility index (Phi) is 3.48. The van der Waals surface area contributed by atoms with E-state index in [0.29, 0.717) is 0 Å². The van der Waals surface area contributed by atoms with E-state index in [-0.39, 0.29) is 5.54 Å². The van der Waals surface area contributed by atoms with Crippen molar-refractivity contribution in [2.45, 2.75) is 25.8 Å². The fraction of sp³-hybridized carbons (Fsp3) is 0.385. The summed E-state index contributed by atoms with van der Waals surface area (Å²) in [4.78, 5) is 0. The summed E-state index contributed by atoms with van der Waals surface area (Å²) in [6.45, 7) is 8.23. The van der Waals surface area contributed by atoms with E-state index in [1.807, 2.05) is 19.2 Å². The van der Waals surface area contributed by atoms with Crippen molar-refractivity contribution in [3.8, 4) is 0 Å². The molecule has 76 valence electrons. The standard InChI is InChI=1S/C13H19N/c1-5-11-8-6-7-9-12(11)10-13(2,3)14-4/h5-9,14H,1,10H2,2-4H3. The van der Waals surface area contributed by atoms with Gasteiger partial charge in [0, 0.05) is 5.54 Å². The van der Waals surface area contributed by atoms with Gasteiger partial charge in [-0.3, -0.25) is 0 Å². The third-order valence-corrected chi connectivity index (χ3v) is 2.58. The van der Waals surface area contributed by atoms with Gasteiger partial charge in [-0.15, -0.1) is 0 Å². The molecule has 1 aromatic rings. The Labute approximate surface area is 86.8 Å². The molecule has 14 heavy (non-hydrogen) atoms. The second-order valence-corrected chi connectivity index (χ2v) is 4.21. The summed E-state index contributed by atoms with van der Waals surface area (Å²) in [7, 11) is 2.00. The maximum atomic E-state index is 3.83. The van der Waals surface area contributed by atoms with Crippen LogP contribution in [0.2, 0.25) is 0 Å². The van der Waals surface area contributed by atoms with Crippen molar-refractivity contribution in [1.82, 2.24) is 5.32 Å². The van der Waals surface area contributed by atoms with E-state index in [2.05, 4.69) is 43.9 Å². The Morgan fingerprint density at radius 1 is 1.36 bits per heavy atom. The van der Waals surface area contributed by atoms with Gasteiger partial charge >= 0.3 is 0 Å². The van der Waals surface area contributed by atoms with Gasteiger partial charge in [0.05, 0.1) is 0 Å². The lowest BCUT2D eigenvalue weighted by Gasteiger charge is -2.24. The molecule has 0 spiro atoms. The van der Waals surface area contributed by atoms with Crippen molar-refractivity contribution in [1.29, 1.82) is 0 Å². The average Bonchev–Trinajstić information content (AvgIpc) is 2.18. The topological polar surface area (TPSA) is 12.0 Å². The van der Waals surface area contributed by atoms with Crippen LogP contribution >= 0.6 is 0 Å². The van der Waals surface area contributed by atoms with Crippen LogP contribution in [0.3, 0.4) is 0 Å². The molecule has 0 saturated carbocycles. The van der Waals surface area contributed by atoms with Crippen LogP contribution in [0.4, 0.5) is 0 Å². The molecule has 0 aliphatic rings. The van der Waals surface area contributed by atoms with E-state index < -0.39 is 0 Å². The monoisotopic (exact) mass is 189 g/mol. The molecule has 0 radical (unpaired) electrons. The van der Waals surface area contributed by atoms with E-state index in [4.69, 9.17) is 0 Å². The number of rotatable bonds is 4. The van der Waals surface area contributed by atoms with Crippen molar-refractivity contribution in [2.75, 3.05) is 7.05 Å². The maximum Gasteiger partial charge on any atom is 0.0162 e. The summed E-state index contributed by atoms with van der Waals surface area (Å²) in [5.74, 6) is 0. The Morgan fingerprint density at radius 3 is 2.57 bits per heavy atom. The van der Waals surface area contributed by atoms with E-state index in [1.54, 1.807) is 0 Å². The van der Waals surface area contributed by atoms with Crippen molar-refractivity contribution in [3.63, 3.8) is 0 Å². The van der Waals surface area contributed by atoms with Crippen LogP contribution < -0.4 is 5.32 Å². The van der Waals surface area contributed by atoms with E-state index in [9.17, 15) is 0 Å². The minimum atomic E-state index is 0.138. The smallest absolute Gasteiger partial charge is 0.0162 e. The zero-order valence-electron chi connectivity index (χ0n) is 9.30. The SMILES string of the molecule is C=Cc1ccccc1CC(C)(C)NC. The fourth-order valence-corrected chi connectivity index (χ4v) is 1.46. The third kappa shape index (κ3) is 2.71. The van der Waals surface area contributed by atoms with Gasteiger partial charge in [-0.1, -0.05) is 36.9 Å². The van der Waals surface area contributed by atoms with Gasteiger partial charge < -0.3 is 5.32 Å². The lowest BCUT2D eigenvalue weighted by molar-refractivity contribution is 0.422. The molecule has 0 amide bonds. The predicted molar refractivity (Wildman–Crippen MR) is 63.4 cm³/mol. The molecule has 1 aromatic carbocycles. The van der Waals surface area contributed by atoms with Crippen LogP contribution in [0.5, 0.6) is 0 Å². The first-order valence-electron chi connectivity index (χ1n) is 4.98. The highest BCUT2D eigenvalue weighted by molar-refractivity contribution is 5.52. The van der Waals surface area contributed by atoms with Crippen LogP contribution in [0.15, 0.2) is 30.8 Å². The zero-order valence-corrected chi connectivity index (χ0v) is 9.30. The molecule has 0 bridgehead atoms. The molecule has 1 rings (SSSR count). The maximum absolute atomic E-state index is 3.83. The Balaban J connectivity index is 2.91. The summed E-state index contributed by atoms with van der Waals surface area (Å²) < 4.78 is 0. The molecule has 1 nitrogen and oxygen atoms in total. The number of nitrogens with one attached hydrogen (secondary N) is 1. The van der Waals surface area contributed by atoms with Crippen LogP contribution in [-0.2, 0) is 6.42 Å². The Bertz CT molecular complexity index is 313. The molecular formula is C13H19N. The first kappa shape index (κ1) is 11.0. The van der Waals surface area contributed by atoms with Gasteiger partial charge in [-0.2, -0.15) is 0 Å². The molecule has 0 aliphatic carbocycles. The van der Waals surface area contributed by atoms with E-state index in [0.717, 1.165) is 6.42 Å². The highest BCUT2D eigenvalue weighted by Crippen LogP contribution is 2.17. The molecule has 0 heterocycles. The van der Waals surface area contributed by atoms with Gasteiger partial charge in [-0.05, 0) is 38.4 Å². The molecule has 1 N–H and O–H groups in total. The molecule has 1 heteroatoms. The van der Waals surface area contributed by atoms with Gasteiger partial charge in [0.2, 0.25) is 0 Å². The van der Waals surface area contributed by atoms with Gasteiger partial charge in [0.15, 0.2) is 0 Å². The second-order valence-electron chi connectivity index (χ2n) is 4.21. The van der Waals surface area contributed by atoms with Gasteiger partial charge in [0.25, 0.3) is 0 Å². The van der Waals surface area contributed by atoms with Crippen LogP contribution in [0, 0.1) is 0 Å². The molecule has 0 fully saturated rings. The first-order valence-corrected chi connectivity index (χ1v) is 4.98. The summed E-state index contributed by atoms with van der Waals surface area (Å²) >= 11 is 0. The Hall–Kier alpha value is -1.08. The predicted octanol–water partition coefficient (Wildman–Crippen LogP) is 2.87. The molecule has 0 atom stereocenters. The van der Waals surface area contributed by atoms with Crippen molar-refractivity contribution < 1.29 is 0 Å². The quantitative estimate of drug-likeness (QED) is 0.768.